The molecule has 1 aromatic carbocycles. The van der Waals surface area contributed by atoms with Crippen LogP contribution in [0.15, 0.2) is 30.7 Å². The van der Waals surface area contributed by atoms with Crippen molar-refractivity contribution in [3.05, 3.63) is 53.0 Å². The SMILES string of the molecule is CCCNC(=O)c1ccc(C)c(N(C(=O)OCOC(=O)C(C)N)c2ncnn3cc(C(=O)NCC)c(C)c23)c1. The summed E-state index contributed by atoms with van der Waals surface area (Å²) in [4.78, 5) is 56.2. The van der Waals surface area contributed by atoms with Crippen LogP contribution in [0.3, 0.4) is 0 Å². The average molecular weight is 540 g/mol. The molecule has 39 heavy (non-hydrogen) atoms. The molecule has 0 aliphatic carbocycles. The van der Waals surface area contributed by atoms with Crippen molar-refractivity contribution in [1.29, 1.82) is 0 Å². The van der Waals surface area contributed by atoms with Gasteiger partial charge in [0, 0.05) is 24.8 Å². The van der Waals surface area contributed by atoms with Gasteiger partial charge >= 0.3 is 12.1 Å². The second-order valence-electron chi connectivity index (χ2n) is 8.78. The summed E-state index contributed by atoms with van der Waals surface area (Å²) in [6.07, 6.45) is 2.58. The number of aromatic nitrogens is 3. The van der Waals surface area contributed by atoms with Gasteiger partial charge in [-0.3, -0.25) is 14.4 Å². The molecule has 0 aliphatic rings. The Morgan fingerprint density at radius 3 is 2.51 bits per heavy atom. The maximum Gasteiger partial charge on any atom is 0.423 e. The molecule has 1 atom stereocenters. The Kier molecular flexibility index (Phi) is 9.55. The quantitative estimate of drug-likeness (QED) is 0.258. The average Bonchev–Trinajstić information content (AvgIpc) is 3.25. The molecular formula is C26H33N7O6. The molecule has 13 heteroatoms. The second-order valence-corrected chi connectivity index (χ2v) is 8.78. The summed E-state index contributed by atoms with van der Waals surface area (Å²) in [5.41, 5.74) is 7.97. The number of aryl methyl sites for hydroxylation is 2. The Balaban J connectivity index is 2.15. The zero-order valence-electron chi connectivity index (χ0n) is 22.6. The fourth-order valence-electron chi connectivity index (χ4n) is 3.75. The van der Waals surface area contributed by atoms with Gasteiger partial charge in [-0.2, -0.15) is 5.10 Å². The third-order valence-corrected chi connectivity index (χ3v) is 5.79. The first-order valence-electron chi connectivity index (χ1n) is 12.5. The maximum atomic E-state index is 13.5. The van der Waals surface area contributed by atoms with E-state index in [1.165, 1.54) is 30.0 Å². The van der Waals surface area contributed by atoms with Crippen molar-refractivity contribution in [2.75, 3.05) is 24.8 Å². The molecule has 13 nitrogen and oxygen atoms in total. The molecule has 0 saturated heterocycles. The molecule has 0 spiro atoms. The first kappa shape index (κ1) is 29.0. The van der Waals surface area contributed by atoms with Gasteiger partial charge in [0.15, 0.2) is 5.82 Å². The van der Waals surface area contributed by atoms with E-state index in [0.717, 1.165) is 11.3 Å². The number of ether oxygens (including phenoxy) is 2. The van der Waals surface area contributed by atoms with Gasteiger partial charge in [-0.1, -0.05) is 13.0 Å². The van der Waals surface area contributed by atoms with Crippen molar-refractivity contribution in [1.82, 2.24) is 25.2 Å². The van der Waals surface area contributed by atoms with Gasteiger partial charge in [-0.05, 0) is 57.4 Å². The van der Waals surface area contributed by atoms with Crippen molar-refractivity contribution >= 4 is 40.9 Å². The molecule has 0 aliphatic heterocycles. The zero-order valence-corrected chi connectivity index (χ0v) is 22.6. The van der Waals surface area contributed by atoms with Crippen molar-refractivity contribution in [2.45, 2.75) is 47.1 Å². The van der Waals surface area contributed by atoms with Crippen LogP contribution in [0.5, 0.6) is 0 Å². The molecule has 3 amide bonds. The van der Waals surface area contributed by atoms with Crippen LogP contribution in [0.2, 0.25) is 0 Å². The number of anilines is 2. The summed E-state index contributed by atoms with van der Waals surface area (Å²) in [5, 5.41) is 9.77. The lowest BCUT2D eigenvalue weighted by molar-refractivity contribution is -0.152. The van der Waals surface area contributed by atoms with Gasteiger partial charge in [-0.15, -0.1) is 0 Å². The lowest BCUT2D eigenvalue weighted by atomic mass is 10.1. The summed E-state index contributed by atoms with van der Waals surface area (Å²) >= 11 is 0. The minimum absolute atomic E-state index is 0.0933. The third-order valence-electron chi connectivity index (χ3n) is 5.79. The van der Waals surface area contributed by atoms with Gasteiger partial charge in [0.25, 0.3) is 11.8 Å². The Labute approximate surface area is 225 Å². The van der Waals surface area contributed by atoms with Crippen molar-refractivity contribution in [2.24, 2.45) is 5.73 Å². The summed E-state index contributed by atoms with van der Waals surface area (Å²) in [6, 6.07) is 3.97. The number of esters is 1. The first-order chi connectivity index (χ1) is 18.6. The van der Waals surface area contributed by atoms with Gasteiger partial charge in [0.05, 0.1) is 11.3 Å². The molecule has 3 aromatic rings. The van der Waals surface area contributed by atoms with E-state index in [0.29, 0.717) is 46.5 Å². The van der Waals surface area contributed by atoms with E-state index < -0.39 is 24.9 Å². The van der Waals surface area contributed by atoms with Gasteiger partial charge in [-0.25, -0.2) is 19.2 Å². The normalized spacial score (nSPS) is 11.5. The van der Waals surface area contributed by atoms with E-state index in [1.807, 2.05) is 6.92 Å². The third kappa shape index (κ3) is 6.49. The number of nitrogens with zero attached hydrogens (tertiary/aromatic N) is 4. The van der Waals surface area contributed by atoms with Crippen molar-refractivity contribution in [3.8, 4) is 0 Å². The topological polar surface area (TPSA) is 170 Å². The highest BCUT2D eigenvalue weighted by molar-refractivity contribution is 6.04. The van der Waals surface area contributed by atoms with E-state index in [-0.39, 0.29) is 17.6 Å². The molecule has 0 fully saturated rings. The van der Waals surface area contributed by atoms with Crippen LogP contribution in [-0.4, -0.2) is 64.4 Å². The van der Waals surface area contributed by atoms with E-state index in [9.17, 15) is 19.2 Å². The molecule has 4 N–H and O–H groups in total. The standard InChI is InChI=1S/C26H33N7O6/c1-6-10-29-23(34)18-9-8-15(3)20(11-18)33(26(37)39-14-38-25(36)17(5)27)22-21-16(4)19(24(35)28-7-2)12-32(21)31-13-30-22/h8-9,11-13,17H,6-7,10,14,27H2,1-5H3,(H,28,35)(H,29,34). The van der Waals surface area contributed by atoms with Crippen molar-refractivity contribution < 1.29 is 28.7 Å². The van der Waals surface area contributed by atoms with Gasteiger partial charge in [0.1, 0.15) is 17.9 Å². The number of nitrogens with one attached hydrogen (secondary N) is 2. The van der Waals surface area contributed by atoms with E-state index in [2.05, 4.69) is 20.7 Å². The molecule has 0 bridgehead atoms. The van der Waals surface area contributed by atoms with Crippen LogP contribution < -0.4 is 21.3 Å². The van der Waals surface area contributed by atoms with Gasteiger partial charge in [0.2, 0.25) is 6.79 Å². The predicted octanol–water partition coefficient (Wildman–Crippen LogP) is 2.36. The number of benzene rings is 1. The molecule has 0 radical (unpaired) electrons. The summed E-state index contributed by atoms with van der Waals surface area (Å²) in [6.45, 7) is 8.85. The Morgan fingerprint density at radius 2 is 1.85 bits per heavy atom. The largest absolute Gasteiger partial charge is 0.427 e. The number of hydrogen-bond acceptors (Lipinski definition) is 9. The van der Waals surface area contributed by atoms with Gasteiger partial charge < -0.3 is 25.8 Å². The highest BCUT2D eigenvalue weighted by Gasteiger charge is 2.29. The van der Waals surface area contributed by atoms with E-state index in [4.69, 9.17) is 15.2 Å². The maximum absolute atomic E-state index is 13.5. The number of carbonyl (C=O) groups is 4. The number of hydrogen-bond donors (Lipinski definition) is 3. The monoisotopic (exact) mass is 539 g/mol. The van der Waals surface area contributed by atoms with E-state index >= 15 is 0 Å². The molecule has 208 valence electrons. The van der Waals surface area contributed by atoms with Crippen molar-refractivity contribution in [3.63, 3.8) is 0 Å². The van der Waals surface area contributed by atoms with Crippen LogP contribution in [-0.2, 0) is 14.3 Å². The first-order valence-corrected chi connectivity index (χ1v) is 12.5. The highest BCUT2D eigenvalue weighted by atomic mass is 16.7. The van der Waals surface area contributed by atoms with Crippen LogP contribution in [0.4, 0.5) is 16.3 Å². The van der Waals surface area contributed by atoms with Crippen LogP contribution >= 0.6 is 0 Å². The second kappa shape index (κ2) is 12.8. The summed E-state index contributed by atoms with van der Waals surface area (Å²) < 4.78 is 11.6. The Hall–Kier alpha value is -4.52. The highest BCUT2D eigenvalue weighted by Crippen LogP contribution is 2.34. The molecule has 3 rings (SSSR count). The molecule has 0 saturated carbocycles. The zero-order chi connectivity index (χ0) is 28.7. The molecule has 1 unspecified atom stereocenters. The lowest BCUT2D eigenvalue weighted by Gasteiger charge is -2.24. The minimum atomic E-state index is -0.942. The predicted molar refractivity (Wildman–Crippen MR) is 143 cm³/mol. The summed E-state index contributed by atoms with van der Waals surface area (Å²) in [5.74, 6) is -1.29. The molecule has 2 heterocycles. The summed E-state index contributed by atoms with van der Waals surface area (Å²) in [7, 11) is 0. The Morgan fingerprint density at radius 1 is 1.10 bits per heavy atom. The van der Waals surface area contributed by atoms with Crippen LogP contribution in [0.25, 0.3) is 5.52 Å². The fraction of sp³-hybridized carbons (Fsp3) is 0.385. The number of rotatable bonds is 10. The number of nitrogens with two attached hydrogens (primary N) is 1. The molecule has 2 aromatic heterocycles. The molecular weight excluding hydrogens is 506 g/mol. The van der Waals surface area contributed by atoms with Crippen LogP contribution in [0, 0.1) is 13.8 Å². The minimum Gasteiger partial charge on any atom is -0.427 e. The smallest absolute Gasteiger partial charge is 0.423 e. The Bertz CT molecular complexity index is 1380. The number of fused-ring (bicyclic) bond motifs is 1. The van der Waals surface area contributed by atoms with E-state index in [1.54, 1.807) is 32.9 Å². The number of amides is 3. The fourth-order valence-corrected chi connectivity index (χ4v) is 3.75. The number of carbonyl (C=O) groups excluding carboxylic acids is 4. The van der Waals surface area contributed by atoms with Crippen LogP contribution in [0.1, 0.15) is 59.0 Å². The lowest BCUT2D eigenvalue weighted by Crippen LogP contribution is -2.33.